The Labute approximate surface area is 207 Å². The highest BCUT2D eigenvalue weighted by Crippen LogP contribution is 2.26. The molecule has 1 aliphatic rings. The maximum absolute atomic E-state index is 12.8. The SMILES string of the molecule is Cc1cccc(-c2nn3c(=O)cc(N4CCN(C(=O)COc5cc(C)ccc5C)CC4)nc3s2)c1. The third-order valence-corrected chi connectivity index (χ3v) is 7.11. The highest BCUT2D eigenvalue weighted by molar-refractivity contribution is 7.19. The molecule has 0 atom stereocenters. The highest BCUT2D eigenvalue weighted by Gasteiger charge is 2.23. The topological polar surface area (TPSA) is 80.0 Å². The number of amides is 1. The van der Waals surface area contributed by atoms with E-state index in [9.17, 15) is 9.59 Å². The van der Waals surface area contributed by atoms with Crippen LogP contribution in [0.4, 0.5) is 5.82 Å². The Balaban J connectivity index is 1.25. The zero-order valence-corrected chi connectivity index (χ0v) is 20.8. The van der Waals surface area contributed by atoms with Gasteiger partial charge in [0.2, 0.25) is 4.96 Å². The zero-order valence-electron chi connectivity index (χ0n) is 20.0. The number of carbonyl (C=O) groups is 1. The van der Waals surface area contributed by atoms with Gasteiger partial charge in [-0.25, -0.2) is 4.98 Å². The molecule has 4 aromatic rings. The van der Waals surface area contributed by atoms with Crippen molar-refractivity contribution < 1.29 is 9.53 Å². The fourth-order valence-electron chi connectivity index (χ4n) is 4.13. The number of anilines is 1. The van der Waals surface area contributed by atoms with Gasteiger partial charge in [0.1, 0.15) is 16.6 Å². The Kier molecular flexibility index (Phi) is 6.25. The first-order valence-corrected chi connectivity index (χ1v) is 12.4. The zero-order chi connectivity index (χ0) is 24.5. The molecule has 2 aromatic heterocycles. The minimum Gasteiger partial charge on any atom is -0.483 e. The van der Waals surface area contributed by atoms with Crippen molar-refractivity contribution in [3.63, 3.8) is 0 Å². The second kappa shape index (κ2) is 9.50. The number of hydrogen-bond acceptors (Lipinski definition) is 7. The number of aromatic nitrogens is 3. The molecule has 8 nitrogen and oxygen atoms in total. The molecular weight excluding hydrogens is 462 g/mol. The van der Waals surface area contributed by atoms with Crippen molar-refractivity contribution in [1.82, 2.24) is 19.5 Å². The summed E-state index contributed by atoms with van der Waals surface area (Å²) in [5.74, 6) is 1.32. The molecular formula is C26H27N5O3S. The second-order valence-corrected chi connectivity index (χ2v) is 9.81. The molecule has 0 spiro atoms. The number of piperazine rings is 1. The first-order valence-electron chi connectivity index (χ1n) is 11.6. The summed E-state index contributed by atoms with van der Waals surface area (Å²) >= 11 is 1.40. The number of rotatable bonds is 5. The molecule has 2 aromatic carbocycles. The number of ether oxygens (including phenoxy) is 1. The van der Waals surface area contributed by atoms with Crippen LogP contribution in [0.25, 0.3) is 15.5 Å². The molecule has 35 heavy (non-hydrogen) atoms. The molecule has 0 radical (unpaired) electrons. The molecule has 180 valence electrons. The van der Waals surface area contributed by atoms with Crippen molar-refractivity contribution in [2.45, 2.75) is 20.8 Å². The van der Waals surface area contributed by atoms with Gasteiger partial charge < -0.3 is 14.5 Å². The summed E-state index contributed by atoms with van der Waals surface area (Å²) in [5.41, 5.74) is 4.00. The smallest absolute Gasteiger partial charge is 0.277 e. The van der Waals surface area contributed by atoms with Crippen LogP contribution in [-0.4, -0.2) is 58.2 Å². The molecule has 3 heterocycles. The standard InChI is InChI=1S/C26H27N5O3S/c1-17-5-4-6-20(13-17)25-28-31-23(32)15-22(27-26(31)35-25)29-9-11-30(12-10-29)24(33)16-34-21-14-18(2)7-8-19(21)3/h4-8,13-15H,9-12,16H2,1-3H3. The van der Waals surface area contributed by atoms with Crippen LogP contribution in [0.2, 0.25) is 0 Å². The van der Waals surface area contributed by atoms with E-state index < -0.39 is 0 Å². The third-order valence-electron chi connectivity index (χ3n) is 6.15. The van der Waals surface area contributed by atoms with Crippen LogP contribution in [0, 0.1) is 20.8 Å². The second-order valence-electron chi connectivity index (χ2n) is 8.85. The van der Waals surface area contributed by atoms with Crippen molar-refractivity contribution >= 4 is 28.0 Å². The highest BCUT2D eigenvalue weighted by atomic mass is 32.1. The van der Waals surface area contributed by atoms with Gasteiger partial charge in [-0.3, -0.25) is 9.59 Å². The molecule has 0 aliphatic carbocycles. The predicted molar refractivity (Wildman–Crippen MR) is 138 cm³/mol. The van der Waals surface area contributed by atoms with Crippen LogP contribution in [0.5, 0.6) is 5.75 Å². The van der Waals surface area contributed by atoms with Crippen molar-refractivity contribution in [3.8, 4) is 16.3 Å². The summed E-state index contributed by atoms with van der Waals surface area (Å²) in [7, 11) is 0. The summed E-state index contributed by atoms with van der Waals surface area (Å²) < 4.78 is 7.14. The average molecular weight is 490 g/mol. The van der Waals surface area contributed by atoms with Crippen LogP contribution in [-0.2, 0) is 4.79 Å². The average Bonchev–Trinajstić information content (AvgIpc) is 3.30. The van der Waals surface area contributed by atoms with Gasteiger partial charge >= 0.3 is 0 Å². The number of benzene rings is 2. The Morgan fingerprint density at radius 3 is 2.54 bits per heavy atom. The van der Waals surface area contributed by atoms with E-state index in [-0.39, 0.29) is 18.1 Å². The number of fused-ring (bicyclic) bond motifs is 1. The Morgan fingerprint density at radius 2 is 1.77 bits per heavy atom. The van der Waals surface area contributed by atoms with E-state index in [2.05, 4.69) is 5.10 Å². The number of carbonyl (C=O) groups excluding carboxylic acids is 1. The normalized spacial score (nSPS) is 13.9. The molecule has 0 unspecified atom stereocenters. The molecule has 1 saturated heterocycles. The predicted octanol–water partition coefficient (Wildman–Crippen LogP) is 3.47. The van der Waals surface area contributed by atoms with Gasteiger partial charge in [-0.1, -0.05) is 47.2 Å². The van der Waals surface area contributed by atoms with Crippen LogP contribution in [0.1, 0.15) is 16.7 Å². The van der Waals surface area contributed by atoms with Gasteiger partial charge in [-0.15, -0.1) is 0 Å². The Morgan fingerprint density at radius 1 is 1.00 bits per heavy atom. The lowest BCUT2D eigenvalue weighted by molar-refractivity contribution is -0.133. The van der Waals surface area contributed by atoms with Gasteiger partial charge in [0.15, 0.2) is 6.61 Å². The van der Waals surface area contributed by atoms with Crippen molar-refractivity contribution in [2.75, 3.05) is 37.7 Å². The van der Waals surface area contributed by atoms with Gasteiger partial charge in [0, 0.05) is 37.8 Å². The van der Waals surface area contributed by atoms with Gasteiger partial charge in [-0.2, -0.15) is 9.61 Å². The van der Waals surface area contributed by atoms with Gasteiger partial charge in [-0.05, 0) is 44.0 Å². The first-order chi connectivity index (χ1) is 16.9. The van der Waals surface area contributed by atoms with Crippen LogP contribution < -0.4 is 15.2 Å². The van der Waals surface area contributed by atoms with E-state index in [4.69, 9.17) is 9.72 Å². The molecule has 5 rings (SSSR count). The van der Waals surface area contributed by atoms with Gasteiger partial charge in [0.05, 0.1) is 0 Å². The molecule has 1 fully saturated rings. The van der Waals surface area contributed by atoms with Gasteiger partial charge in [0.25, 0.3) is 11.5 Å². The third kappa shape index (κ3) is 4.90. The molecule has 0 bridgehead atoms. The molecule has 0 N–H and O–H groups in total. The Bertz CT molecular complexity index is 1450. The minimum absolute atomic E-state index is 0.0124. The quantitative estimate of drug-likeness (QED) is 0.427. The number of nitrogens with zero attached hydrogens (tertiary/aromatic N) is 5. The number of aryl methyl sites for hydroxylation is 3. The van der Waals surface area contributed by atoms with E-state index in [1.165, 1.54) is 21.9 Å². The molecule has 9 heteroatoms. The largest absolute Gasteiger partial charge is 0.483 e. The lowest BCUT2D eigenvalue weighted by atomic mass is 10.1. The van der Waals surface area contributed by atoms with Crippen LogP contribution in [0.3, 0.4) is 0 Å². The lowest BCUT2D eigenvalue weighted by Crippen LogP contribution is -2.50. The van der Waals surface area contributed by atoms with Crippen LogP contribution >= 0.6 is 11.3 Å². The fraction of sp³-hybridized carbons (Fsp3) is 0.308. The maximum Gasteiger partial charge on any atom is 0.277 e. The molecule has 1 aliphatic heterocycles. The van der Waals surface area contributed by atoms with E-state index >= 15 is 0 Å². The van der Waals surface area contributed by atoms with Crippen molar-refractivity contribution in [1.29, 1.82) is 0 Å². The summed E-state index contributed by atoms with van der Waals surface area (Å²) in [4.78, 5) is 34.6. The van der Waals surface area contributed by atoms with E-state index in [0.29, 0.717) is 37.0 Å². The summed E-state index contributed by atoms with van der Waals surface area (Å²) in [6, 6.07) is 15.5. The summed E-state index contributed by atoms with van der Waals surface area (Å²) in [5, 5.41) is 5.24. The van der Waals surface area contributed by atoms with Crippen molar-refractivity contribution in [3.05, 3.63) is 75.6 Å². The van der Waals surface area contributed by atoms with Crippen LogP contribution in [0.15, 0.2) is 53.3 Å². The summed E-state index contributed by atoms with van der Waals surface area (Å²) in [6.07, 6.45) is 0. The maximum atomic E-state index is 12.8. The lowest BCUT2D eigenvalue weighted by Gasteiger charge is -2.35. The molecule has 1 amide bonds. The number of hydrogen-bond donors (Lipinski definition) is 0. The summed E-state index contributed by atoms with van der Waals surface area (Å²) in [6.45, 7) is 8.30. The van der Waals surface area contributed by atoms with E-state index in [0.717, 1.165) is 33.0 Å². The monoisotopic (exact) mass is 489 g/mol. The minimum atomic E-state index is -0.208. The van der Waals surface area contributed by atoms with E-state index in [1.54, 1.807) is 4.90 Å². The fourth-order valence-corrected chi connectivity index (χ4v) is 5.03. The Hall–Kier alpha value is -3.72. The van der Waals surface area contributed by atoms with Crippen molar-refractivity contribution in [2.24, 2.45) is 0 Å². The molecule has 0 saturated carbocycles. The van der Waals surface area contributed by atoms with E-state index in [1.807, 2.05) is 68.1 Å². The first kappa shape index (κ1) is 23.0.